The number of amides is 1. The van der Waals surface area contributed by atoms with Crippen molar-refractivity contribution in [2.45, 2.75) is 24.3 Å². The summed E-state index contributed by atoms with van der Waals surface area (Å²) in [5.74, 6) is 0.226. The van der Waals surface area contributed by atoms with Gasteiger partial charge in [0.15, 0.2) is 5.69 Å². The maximum atomic E-state index is 13.7. The molecule has 1 aliphatic rings. The molecule has 1 atom stereocenters. The van der Waals surface area contributed by atoms with Crippen molar-refractivity contribution in [2.75, 3.05) is 5.75 Å². The molecule has 0 radical (unpaired) electrons. The van der Waals surface area contributed by atoms with E-state index in [2.05, 4.69) is 15.5 Å². The molecule has 1 unspecified atom stereocenters. The zero-order valence-electron chi connectivity index (χ0n) is 14.4. The van der Waals surface area contributed by atoms with Crippen LogP contribution in [0.4, 0.5) is 4.39 Å². The zero-order valence-corrected chi connectivity index (χ0v) is 16.0. The van der Waals surface area contributed by atoms with Crippen molar-refractivity contribution in [3.8, 4) is 5.69 Å². The highest BCUT2D eigenvalue weighted by Crippen LogP contribution is 2.36. The molecule has 1 aliphatic heterocycles. The normalized spacial score (nSPS) is 16.0. The number of benzene rings is 2. The SMILES string of the molecule is Cc1nn(-c2cccc(Cl)c2)nc1C(=O)NC1CCSc2ccc(F)cc21. The second-order valence-electron chi connectivity index (χ2n) is 6.25. The third kappa shape index (κ3) is 3.70. The van der Waals surface area contributed by atoms with Crippen LogP contribution in [0.2, 0.25) is 5.02 Å². The van der Waals surface area contributed by atoms with Gasteiger partial charge in [0.2, 0.25) is 0 Å². The first kappa shape index (κ1) is 18.0. The van der Waals surface area contributed by atoms with E-state index in [-0.39, 0.29) is 23.5 Å². The molecule has 0 aliphatic carbocycles. The number of carbonyl (C=O) groups excluding carboxylic acids is 1. The standard InChI is InChI=1S/C19H16ClFN4OS/c1-11-18(24-25(23-11)14-4-2-3-12(20)9-14)19(26)22-16-7-8-27-17-6-5-13(21)10-15(16)17/h2-6,9-10,16H,7-8H2,1H3,(H,22,26). The average Bonchev–Trinajstić information content (AvgIpc) is 3.04. The zero-order chi connectivity index (χ0) is 19.0. The van der Waals surface area contributed by atoms with Gasteiger partial charge < -0.3 is 5.32 Å². The van der Waals surface area contributed by atoms with Crippen LogP contribution in [0.15, 0.2) is 47.4 Å². The van der Waals surface area contributed by atoms with Crippen LogP contribution in [0.3, 0.4) is 0 Å². The highest BCUT2D eigenvalue weighted by molar-refractivity contribution is 7.99. The van der Waals surface area contributed by atoms with Crippen molar-refractivity contribution < 1.29 is 9.18 Å². The van der Waals surface area contributed by atoms with Gasteiger partial charge in [-0.15, -0.1) is 16.9 Å². The summed E-state index contributed by atoms with van der Waals surface area (Å²) in [7, 11) is 0. The van der Waals surface area contributed by atoms with Crippen molar-refractivity contribution >= 4 is 29.3 Å². The van der Waals surface area contributed by atoms with Crippen molar-refractivity contribution in [1.29, 1.82) is 0 Å². The minimum absolute atomic E-state index is 0.242. The van der Waals surface area contributed by atoms with Crippen LogP contribution in [0.1, 0.15) is 34.2 Å². The maximum Gasteiger partial charge on any atom is 0.274 e. The second kappa shape index (κ2) is 7.32. The fourth-order valence-electron chi connectivity index (χ4n) is 3.05. The lowest BCUT2D eigenvalue weighted by atomic mass is 10.0. The van der Waals surface area contributed by atoms with Gasteiger partial charge in [0.25, 0.3) is 5.91 Å². The van der Waals surface area contributed by atoms with Gasteiger partial charge in [0, 0.05) is 15.7 Å². The number of thioether (sulfide) groups is 1. The Morgan fingerprint density at radius 3 is 2.96 bits per heavy atom. The Labute approximate surface area is 164 Å². The van der Waals surface area contributed by atoms with E-state index in [4.69, 9.17) is 11.6 Å². The highest BCUT2D eigenvalue weighted by Gasteiger charge is 2.25. The topological polar surface area (TPSA) is 59.8 Å². The van der Waals surface area contributed by atoms with E-state index in [0.717, 1.165) is 22.6 Å². The smallest absolute Gasteiger partial charge is 0.274 e. The van der Waals surface area contributed by atoms with Crippen molar-refractivity contribution in [1.82, 2.24) is 20.3 Å². The van der Waals surface area contributed by atoms with E-state index < -0.39 is 0 Å². The van der Waals surface area contributed by atoms with Gasteiger partial charge in [0.05, 0.1) is 17.4 Å². The molecular weight excluding hydrogens is 387 g/mol. The summed E-state index contributed by atoms with van der Waals surface area (Å²) in [5, 5.41) is 12.2. The highest BCUT2D eigenvalue weighted by atomic mass is 35.5. The Hall–Kier alpha value is -2.38. The van der Waals surface area contributed by atoms with Gasteiger partial charge in [-0.3, -0.25) is 4.79 Å². The number of fused-ring (bicyclic) bond motifs is 1. The number of carbonyl (C=O) groups is 1. The fraction of sp³-hybridized carbons (Fsp3) is 0.211. The lowest BCUT2D eigenvalue weighted by molar-refractivity contribution is 0.0928. The molecule has 8 heteroatoms. The van der Waals surface area contributed by atoms with E-state index in [1.807, 2.05) is 6.07 Å². The predicted octanol–water partition coefficient (Wildman–Crippen LogP) is 4.34. The van der Waals surface area contributed by atoms with Crippen LogP contribution in [-0.2, 0) is 0 Å². The lowest BCUT2D eigenvalue weighted by Gasteiger charge is -2.25. The summed E-state index contributed by atoms with van der Waals surface area (Å²) in [6.07, 6.45) is 0.730. The summed E-state index contributed by atoms with van der Waals surface area (Å²) in [4.78, 5) is 15.2. The fourth-order valence-corrected chi connectivity index (χ4v) is 4.34. The van der Waals surface area contributed by atoms with Crippen LogP contribution >= 0.6 is 23.4 Å². The Balaban J connectivity index is 1.59. The van der Waals surface area contributed by atoms with E-state index >= 15 is 0 Å². The summed E-state index contributed by atoms with van der Waals surface area (Å²) in [6.45, 7) is 1.73. The molecule has 1 amide bonds. The van der Waals surface area contributed by atoms with E-state index in [1.54, 1.807) is 43.0 Å². The van der Waals surface area contributed by atoms with Gasteiger partial charge in [-0.05, 0) is 55.3 Å². The number of aromatic nitrogens is 3. The van der Waals surface area contributed by atoms with E-state index in [0.29, 0.717) is 16.4 Å². The molecule has 0 fully saturated rings. The van der Waals surface area contributed by atoms with E-state index in [9.17, 15) is 9.18 Å². The quantitative estimate of drug-likeness (QED) is 0.708. The van der Waals surface area contributed by atoms with Crippen LogP contribution < -0.4 is 5.32 Å². The minimum atomic E-state index is -0.326. The molecule has 1 N–H and O–H groups in total. The van der Waals surface area contributed by atoms with E-state index in [1.165, 1.54) is 16.9 Å². The van der Waals surface area contributed by atoms with Gasteiger partial charge in [0.1, 0.15) is 5.82 Å². The molecule has 27 heavy (non-hydrogen) atoms. The summed E-state index contributed by atoms with van der Waals surface area (Å²) in [5.41, 5.74) is 2.23. The molecule has 0 spiro atoms. The van der Waals surface area contributed by atoms with Gasteiger partial charge >= 0.3 is 0 Å². The Morgan fingerprint density at radius 2 is 2.15 bits per heavy atom. The first-order valence-corrected chi connectivity index (χ1v) is 9.80. The summed E-state index contributed by atoms with van der Waals surface area (Å²) < 4.78 is 13.7. The average molecular weight is 403 g/mol. The summed E-state index contributed by atoms with van der Waals surface area (Å²) >= 11 is 7.68. The third-order valence-electron chi connectivity index (χ3n) is 4.35. The van der Waals surface area contributed by atoms with Crippen molar-refractivity contribution in [3.05, 3.63) is 70.3 Å². The Morgan fingerprint density at radius 1 is 1.30 bits per heavy atom. The molecular formula is C19H16ClFN4OS. The molecule has 0 saturated carbocycles. The number of halogens is 2. The molecule has 138 valence electrons. The molecule has 0 saturated heterocycles. The van der Waals surface area contributed by atoms with Gasteiger partial charge in [-0.2, -0.15) is 9.90 Å². The molecule has 3 aromatic rings. The second-order valence-corrected chi connectivity index (χ2v) is 7.82. The first-order valence-electron chi connectivity index (χ1n) is 8.44. The molecule has 5 nitrogen and oxygen atoms in total. The number of aryl methyl sites for hydroxylation is 1. The van der Waals surface area contributed by atoms with Gasteiger partial charge in [-0.1, -0.05) is 17.7 Å². The molecule has 0 bridgehead atoms. The first-order chi connectivity index (χ1) is 13.0. The van der Waals surface area contributed by atoms with Crippen LogP contribution in [0, 0.1) is 12.7 Å². The monoisotopic (exact) mass is 402 g/mol. The molecule has 2 heterocycles. The molecule has 1 aromatic heterocycles. The minimum Gasteiger partial charge on any atom is -0.344 e. The molecule has 2 aromatic carbocycles. The third-order valence-corrected chi connectivity index (χ3v) is 5.71. The summed E-state index contributed by atoms with van der Waals surface area (Å²) in [6, 6.07) is 11.5. The predicted molar refractivity (Wildman–Crippen MR) is 103 cm³/mol. The largest absolute Gasteiger partial charge is 0.344 e. The Kier molecular flexibility index (Phi) is 4.88. The Bertz CT molecular complexity index is 1020. The van der Waals surface area contributed by atoms with Crippen LogP contribution in [0.25, 0.3) is 5.69 Å². The number of nitrogens with zero attached hydrogens (tertiary/aromatic N) is 3. The number of rotatable bonds is 3. The number of hydrogen-bond acceptors (Lipinski definition) is 4. The number of nitrogens with one attached hydrogen (secondary N) is 1. The lowest BCUT2D eigenvalue weighted by Crippen LogP contribution is -2.31. The van der Waals surface area contributed by atoms with Crippen molar-refractivity contribution in [2.24, 2.45) is 0 Å². The molecule has 4 rings (SSSR count). The van der Waals surface area contributed by atoms with Crippen LogP contribution in [0.5, 0.6) is 0 Å². The van der Waals surface area contributed by atoms with Crippen molar-refractivity contribution in [3.63, 3.8) is 0 Å². The van der Waals surface area contributed by atoms with Gasteiger partial charge in [-0.25, -0.2) is 4.39 Å². The number of hydrogen-bond donors (Lipinski definition) is 1. The maximum absolute atomic E-state index is 13.7. The van der Waals surface area contributed by atoms with Crippen LogP contribution in [-0.4, -0.2) is 26.7 Å².